The summed E-state index contributed by atoms with van der Waals surface area (Å²) in [5, 5.41) is 7.61. The zero-order chi connectivity index (χ0) is 34.0. The van der Waals surface area contributed by atoms with Crippen LogP contribution in [0.3, 0.4) is 0 Å². The van der Waals surface area contributed by atoms with E-state index < -0.39 is 0 Å². The zero-order valence-electron chi connectivity index (χ0n) is 29.5. The summed E-state index contributed by atoms with van der Waals surface area (Å²) in [5.41, 5.74) is 16.0. The fourth-order valence-corrected chi connectivity index (χ4v) is 7.82. The maximum absolute atomic E-state index is 2.48. The first-order valence-corrected chi connectivity index (χ1v) is 17.3. The summed E-state index contributed by atoms with van der Waals surface area (Å²) >= 11 is 0. The average molecular weight is 635 g/mol. The Bertz CT molecular complexity index is 2470. The van der Waals surface area contributed by atoms with Crippen LogP contribution in [0.4, 0.5) is 34.1 Å². The Balaban J connectivity index is 1.43. The first kappa shape index (κ1) is 30.7. The molecular formula is C47H42N2. The molecular weight excluding hydrogens is 593 g/mol. The highest BCUT2D eigenvalue weighted by Gasteiger charge is 2.23. The number of aryl methyl sites for hydroxylation is 7. The van der Waals surface area contributed by atoms with Gasteiger partial charge in [-0.25, -0.2) is 0 Å². The molecule has 8 aromatic rings. The van der Waals surface area contributed by atoms with Crippen molar-refractivity contribution in [2.24, 2.45) is 0 Å². The molecule has 0 aliphatic rings. The van der Waals surface area contributed by atoms with E-state index in [1.165, 1.54) is 99.7 Å². The van der Waals surface area contributed by atoms with Crippen molar-refractivity contribution in [3.63, 3.8) is 0 Å². The molecule has 0 radical (unpaired) electrons. The molecule has 0 saturated carbocycles. The van der Waals surface area contributed by atoms with Crippen LogP contribution in [0.5, 0.6) is 0 Å². The van der Waals surface area contributed by atoms with Gasteiger partial charge in [-0.2, -0.15) is 0 Å². The van der Waals surface area contributed by atoms with Gasteiger partial charge in [0.15, 0.2) is 0 Å². The fourth-order valence-electron chi connectivity index (χ4n) is 7.82. The van der Waals surface area contributed by atoms with Crippen LogP contribution < -0.4 is 9.80 Å². The topological polar surface area (TPSA) is 6.48 Å². The Morgan fingerprint density at radius 3 is 1.08 bits per heavy atom. The second kappa shape index (κ2) is 11.8. The Kier molecular flexibility index (Phi) is 7.41. The van der Waals surface area contributed by atoms with Gasteiger partial charge in [0.2, 0.25) is 0 Å². The minimum atomic E-state index is 1.16. The van der Waals surface area contributed by atoms with E-state index in [2.05, 4.69) is 186 Å². The fraction of sp³-hybridized carbons (Fsp3) is 0.149. The smallest absolute Gasteiger partial charge is 0.0540 e. The van der Waals surface area contributed by atoms with Crippen LogP contribution in [0.15, 0.2) is 127 Å². The number of anilines is 6. The van der Waals surface area contributed by atoms with E-state index in [9.17, 15) is 0 Å². The van der Waals surface area contributed by atoms with E-state index >= 15 is 0 Å². The van der Waals surface area contributed by atoms with Gasteiger partial charge >= 0.3 is 0 Å². The van der Waals surface area contributed by atoms with Crippen LogP contribution >= 0.6 is 0 Å². The lowest BCUT2D eigenvalue weighted by atomic mass is 9.91. The van der Waals surface area contributed by atoms with Crippen LogP contribution in [-0.2, 0) is 0 Å². The number of nitrogens with zero attached hydrogens (tertiary/aromatic N) is 2. The van der Waals surface area contributed by atoms with Crippen molar-refractivity contribution in [1.82, 2.24) is 0 Å². The summed E-state index contributed by atoms with van der Waals surface area (Å²) in [6.45, 7) is 15.3. The van der Waals surface area contributed by atoms with Gasteiger partial charge in [0.25, 0.3) is 0 Å². The van der Waals surface area contributed by atoms with Crippen molar-refractivity contribution in [2.75, 3.05) is 9.80 Å². The van der Waals surface area contributed by atoms with Crippen molar-refractivity contribution in [1.29, 1.82) is 0 Å². The van der Waals surface area contributed by atoms with Gasteiger partial charge < -0.3 is 9.80 Å². The molecule has 0 fully saturated rings. The van der Waals surface area contributed by atoms with Crippen molar-refractivity contribution in [3.8, 4) is 0 Å². The molecule has 0 amide bonds. The highest BCUT2D eigenvalue weighted by molar-refractivity contribution is 6.28. The molecule has 0 aliphatic heterocycles. The molecule has 8 aromatic carbocycles. The van der Waals surface area contributed by atoms with Gasteiger partial charge in [0.1, 0.15) is 0 Å². The van der Waals surface area contributed by atoms with Crippen LogP contribution in [-0.4, -0.2) is 0 Å². The molecule has 2 heteroatoms. The third kappa shape index (κ3) is 5.20. The Hall–Kier alpha value is -5.60. The lowest BCUT2D eigenvalue weighted by molar-refractivity contribution is 1.22. The number of rotatable bonds is 6. The second-order valence-electron chi connectivity index (χ2n) is 14.0. The van der Waals surface area contributed by atoms with Crippen molar-refractivity contribution in [2.45, 2.75) is 48.5 Å². The summed E-state index contributed by atoms with van der Waals surface area (Å²) in [4.78, 5) is 4.92. The van der Waals surface area contributed by atoms with E-state index in [1.54, 1.807) is 0 Å². The van der Waals surface area contributed by atoms with Gasteiger partial charge in [-0.05, 0) is 129 Å². The van der Waals surface area contributed by atoms with E-state index in [-0.39, 0.29) is 0 Å². The summed E-state index contributed by atoms with van der Waals surface area (Å²) in [5.74, 6) is 0. The predicted molar refractivity (Wildman–Crippen MR) is 213 cm³/mol. The van der Waals surface area contributed by atoms with Crippen LogP contribution in [0.2, 0.25) is 0 Å². The molecule has 0 aliphatic carbocycles. The average Bonchev–Trinajstić information content (AvgIpc) is 3.08. The molecule has 2 nitrogen and oxygen atoms in total. The highest BCUT2D eigenvalue weighted by atomic mass is 15.2. The van der Waals surface area contributed by atoms with Crippen molar-refractivity contribution < 1.29 is 0 Å². The van der Waals surface area contributed by atoms with Gasteiger partial charge in [0.05, 0.1) is 11.4 Å². The Morgan fingerprint density at radius 2 is 0.653 bits per heavy atom. The van der Waals surface area contributed by atoms with Gasteiger partial charge in [-0.15, -0.1) is 0 Å². The molecule has 8 rings (SSSR count). The van der Waals surface area contributed by atoms with E-state index in [0.29, 0.717) is 0 Å². The van der Waals surface area contributed by atoms with Crippen LogP contribution in [0.25, 0.3) is 32.3 Å². The number of hydrogen-bond acceptors (Lipinski definition) is 2. The van der Waals surface area contributed by atoms with E-state index in [1.807, 2.05) is 0 Å². The van der Waals surface area contributed by atoms with Crippen LogP contribution in [0, 0.1) is 48.5 Å². The standard InChI is InChI=1S/C47H42N2/c1-29-8-17-38(18-9-29)48(41-21-10-30(2)26-33(41)5)44-24-15-36-14-20-40-45(25-16-37-13-19-39(44)46(36)47(37)40)49(42-22-11-31(3)27-34(42)6)43-23-12-32(4)28-35(43)7/h8-28H,1-7H3. The minimum absolute atomic E-state index is 1.16. The molecule has 0 atom stereocenters. The quantitative estimate of drug-likeness (QED) is 0.168. The molecule has 49 heavy (non-hydrogen) atoms. The monoisotopic (exact) mass is 634 g/mol. The normalized spacial score (nSPS) is 11.6. The molecule has 0 unspecified atom stereocenters. The molecule has 0 heterocycles. The summed E-state index contributed by atoms with van der Waals surface area (Å²) in [6, 6.07) is 47.8. The lowest BCUT2D eigenvalue weighted by Gasteiger charge is -2.31. The van der Waals surface area contributed by atoms with Crippen molar-refractivity contribution >= 4 is 66.4 Å². The van der Waals surface area contributed by atoms with Gasteiger partial charge in [-0.1, -0.05) is 107 Å². The van der Waals surface area contributed by atoms with Crippen LogP contribution in [0.1, 0.15) is 38.9 Å². The molecule has 0 bridgehead atoms. The van der Waals surface area contributed by atoms with Crippen molar-refractivity contribution in [3.05, 3.63) is 166 Å². The maximum atomic E-state index is 2.48. The molecule has 0 saturated heterocycles. The van der Waals surface area contributed by atoms with Gasteiger partial charge in [-0.3, -0.25) is 0 Å². The Morgan fingerprint density at radius 1 is 0.306 bits per heavy atom. The largest absolute Gasteiger partial charge is 0.310 e. The highest BCUT2D eigenvalue weighted by Crippen LogP contribution is 2.48. The summed E-state index contributed by atoms with van der Waals surface area (Å²) < 4.78 is 0. The third-order valence-electron chi connectivity index (χ3n) is 10.2. The first-order chi connectivity index (χ1) is 23.7. The van der Waals surface area contributed by atoms with Gasteiger partial charge in [0, 0.05) is 33.5 Å². The third-order valence-corrected chi connectivity index (χ3v) is 10.2. The molecule has 0 aromatic heterocycles. The predicted octanol–water partition coefficient (Wildman–Crippen LogP) is 13.7. The van der Waals surface area contributed by atoms with E-state index in [4.69, 9.17) is 0 Å². The maximum Gasteiger partial charge on any atom is 0.0540 e. The second-order valence-corrected chi connectivity index (χ2v) is 14.0. The molecule has 0 N–H and O–H groups in total. The molecule has 0 spiro atoms. The zero-order valence-corrected chi connectivity index (χ0v) is 29.5. The molecule has 240 valence electrons. The Labute approximate surface area is 290 Å². The summed E-state index contributed by atoms with van der Waals surface area (Å²) in [6.07, 6.45) is 0. The summed E-state index contributed by atoms with van der Waals surface area (Å²) in [7, 11) is 0. The van der Waals surface area contributed by atoms with E-state index in [0.717, 1.165) is 5.69 Å². The minimum Gasteiger partial charge on any atom is -0.310 e. The SMILES string of the molecule is Cc1ccc(N(c2ccc(C)cc2C)c2ccc3ccc4c(N(c5ccc(C)cc5C)c5ccc(C)cc5C)ccc5ccc2c3c54)cc1. The number of benzene rings is 8. The number of hydrogen-bond donors (Lipinski definition) is 0. The lowest BCUT2D eigenvalue weighted by Crippen LogP contribution is -2.14. The first-order valence-electron chi connectivity index (χ1n) is 17.3.